The minimum absolute atomic E-state index is 0.529. The molecule has 0 fully saturated rings. The van der Waals surface area contributed by atoms with Crippen molar-refractivity contribution in [3.05, 3.63) is 41.5 Å². The number of alkyl halides is 3. The highest BCUT2D eigenvalue weighted by molar-refractivity contribution is 5.50. The summed E-state index contributed by atoms with van der Waals surface area (Å²) in [6, 6.07) is 4.11. The van der Waals surface area contributed by atoms with Gasteiger partial charge in [-0.05, 0) is 36.1 Å². The van der Waals surface area contributed by atoms with Gasteiger partial charge in [0.05, 0.1) is 5.56 Å². The summed E-state index contributed by atoms with van der Waals surface area (Å²) in [5.74, 6) is 0. The Bertz CT molecular complexity index is 364. The minimum Gasteiger partial charge on any atom is -0.166 e. The molecular weight excluding hydrogens is 213 g/mol. The molecule has 0 aliphatic carbocycles. The maximum atomic E-state index is 12.6. The van der Waals surface area contributed by atoms with Gasteiger partial charge >= 0.3 is 6.18 Å². The zero-order chi connectivity index (χ0) is 12.2. The Morgan fingerprint density at radius 2 is 1.94 bits per heavy atom. The zero-order valence-corrected chi connectivity index (χ0v) is 9.27. The first-order valence-corrected chi connectivity index (χ1v) is 5.31. The maximum absolute atomic E-state index is 12.6. The van der Waals surface area contributed by atoms with Crippen LogP contribution in [0.3, 0.4) is 0 Å². The van der Waals surface area contributed by atoms with Crippen molar-refractivity contribution in [2.45, 2.75) is 32.4 Å². The number of rotatable bonds is 4. The number of aryl methyl sites for hydroxylation is 1. The summed E-state index contributed by atoms with van der Waals surface area (Å²) in [4.78, 5) is 0. The largest absolute Gasteiger partial charge is 0.416 e. The van der Waals surface area contributed by atoms with Gasteiger partial charge in [0.25, 0.3) is 0 Å². The van der Waals surface area contributed by atoms with E-state index in [0.717, 1.165) is 24.5 Å². The Morgan fingerprint density at radius 3 is 2.44 bits per heavy atom. The molecule has 0 aliphatic heterocycles. The van der Waals surface area contributed by atoms with Gasteiger partial charge < -0.3 is 0 Å². The number of hydrogen-bond donors (Lipinski definition) is 0. The Balaban J connectivity index is 3.06. The monoisotopic (exact) mass is 228 g/mol. The average Bonchev–Trinajstić information content (AvgIpc) is 2.24. The van der Waals surface area contributed by atoms with Gasteiger partial charge in [0, 0.05) is 0 Å². The Hall–Kier alpha value is -1.25. The lowest BCUT2D eigenvalue weighted by molar-refractivity contribution is -0.137. The highest BCUT2D eigenvalue weighted by Gasteiger charge is 2.30. The third kappa shape index (κ3) is 3.40. The van der Waals surface area contributed by atoms with Crippen molar-refractivity contribution in [3.63, 3.8) is 0 Å². The molecule has 1 rings (SSSR count). The number of halogens is 3. The molecule has 0 saturated heterocycles. The third-order valence-electron chi connectivity index (χ3n) is 2.40. The lowest BCUT2D eigenvalue weighted by atomic mass is 10.0. The van der Waals surface area contributed by atoms with Crippen molar-refractivity contribution in [1.82, 2.24) is 0 Å². The molecule has 0 amide bonds. The molecule has 0 N–H and O–H groups in total. The number of unbranched alkanes of at least 4 members (excludes halogenated alkanes) is 1. The molecule has 0 radical (unpaired) electrons. The highest BCUT2D eigenvalue weighted by atomic mass is 19.4. The molecule has 0 spiro atoms. The van der Waals surface area contributed by atoms with Crippen molar-refractivity contribution < 1.29 is 13.2 Å². The van der Waals surface area contributed by atoms with Gasteiger partial charge in [-0.1, -0.05) is 32.1 Å². The fourth-order valence-corrected chi connectivity index (χ4v) is 1.53. The van der Waals surface area contributed by atoms with Crippen LogP contribution in [-0.4, -0.2) is 0 Å². The van der Waals surface area contributed by atoms with Gasteiger partial charge in [-0.3, -0.25) is 0 Å². The second-order valence-corrected chi connectivity index (χ2v) is 3.77. The van der Waals surface area contributed by atoms with Crippen LogP contribution in [0, 0.1) is 0 Å². The Kier molecular flexibility index (Phi) is 4.16. The molecule has 0 aliphatic rings. The second-order valence-electron chi connectivity index (χ2n) is 3.77. The molecule has 0 atom stereocenters. The van der Waals surface area contributed by atoms with E-state index in [1.165, 1.54) is 12.1 Å². The van der Waals surface area contributed by atoms with E-state index >= 15 is 0 Å². The van der Waals surface area contributed by atoms with E-state index < -0.39 is 11.7 Å². The summed E-state index contributed by atoms with van der Waals surface area (Å²) in [5, 5.41) is 0. The summed E-state index contributed by atoms with van der Waals surface area (Å²) in [5.41, 5.74) is 0.670. The molecule has 3 heteroatoms. The van der Waals surface area contributed by atoms with Crippen molar-refractivity contribution in [2.24, 2.45) is 0 Å². The summed E-state index contributed by atoms with van der Waals surface area (Å²) in [7, 11) is 0. The first kappa shape index (κ1) is 12.8. The summed E-state index contributed by atoms with van der Waals surface area (Å²) in [6.45, 7) is 5.52. The predicted molar refractivity (Wildman–Crippen MR) is 60.1 cm³/mol. The molecule has 0 saturated carbocycles. The first-order valence-electron chi connectivity index (χ1n) is 5.31. The zero-order valence-electron chi connectivity index (χ0n) is 9.27. The Labute approximate surface area is 93.8 Å². The molecule has 0 heterocycles. The normalized spacial score (nSPS) is 11.5. The van der Waals surface area contributed by atoms with Crippen LogP contribution in [0.15, 0.2) is 24.8 Å². The Morgan fingerprint density at radius 1 is 1.25 bits per heavy atom. The average molecular weight is 228 g/mol. The van der Waals surface area contributed by atoms with E-state index in [-0.39, 0.29) is 0 Å². The quantitative estimate of drug-likeness (QED) is 0.701. The van der Waals surface area contributed by atoms with Gasteiger partial charge in [-0.2, -0.15) is 13.2 Å². The van der Waals surface area contributed by atoms with E-state index in [0.29, 0.717) is 12.0 Å². The van der Waals surface area contributed by atoms with Crippen LogP contribution in [0.1, 0.15) is 36.5 Å². The first-order chi connectivity index (χ1) is 7.47. The van der Waals surface area contributed by atoms with Crippen molar-refractivity contribution in [3.8, 4) is 0 Å². The maximum Gasteiger partial charge on any atom is 0.416 e. The SMILES string of the molecule is C=Cc1cc(CCCC)cc(C(F)(F)F)c1. The number of hydrogen-bond acceptors (Lipinski definition) is 0. The van der Waals surface area contributed by atoms with Crippen LogP contribution < -0.4 is 0 Å². The van der Waals surface area contributed by atoms with Crippen LogP contribution in [0.25, 0.3) is 6.08 Å². The fourth-order valence-electron chi connectivity index (χ4n) is 1.53. The molecule has 88 valence electrons. The van der Waals surface area contributed by atoms with Gasteiger partial charge in [-0.25, -0.2) is 0 Å². The van der Waals surface area contributed by atoms with E-state index in [9.17, 15) is 13.2 Å². The van der Waals surface area contributed by atoms with Crippen molar-refractivity contribution >= 4 is 6.08 Å². The lowest BCUT2D eigenvalue weighted by Gasteiger charge is -2.10. The molecule has 0 unspecified atom stereocenters. The van der Waals surface area contributed by atoms with Gasteiger partial charge in [0.15, 0.2) is 0 Å². The highest BCUT2D eigenvalue weighted by Crippen LogP contribution is 2.31. The van der Waals surface area contributed by atoms with Gasteiger partial charge in [-0.15, -0.1) is 0 Å². The molecule has 0 aromatic heterocycles. The van der Waals surface area contributed by atoms with E-state index in [1.807, 2.05) is 6.92 Å². The van der Waals surface area contributed by atoms with Crippen LogP contribution in [0.2, 0.25) is 0 Å². The van der Waals surface area contributed by atoms with Gasteiger partial charge in [0.2, 0.25) is 0 Å². The minimum atomic E-state index is -4.28. The second kappa shape index (κ2) is 5.19. The molecular formula is C13H15F3. The van der Waals surface area contributed by atoms with Crippen LogP contribution in [0.4, 0.5) is 13.2 Å². The topological polar surface area (TPSA) is 0 Å². The number of benzene rings is 1. The molecule has 1 aromatic rings. The molecule has 0 bridgehead atoms. The van der Waals surface area contributed by atoms with Crippen molar-refractivity contribution in [2.75, 3.05) is 0 Å². The lowest BCUT2D eigenvalue weighted by Crippen LogP contribution is -2.06. The molecule has 0 nitrogen and oxygen atoms in total. The van der Waals surface area contributed by atoms with Crippen molar-refractivity contribution in [1.29, 1.82) is 0 Å². The van der Waals surface area contributed by atoms with E-state index in [4.69, 9.17) is 0 Å². The molecule has 1 aromatic carbocycles. The fraction of sp³-hybridized carbons (Fsp3) is 0.385. The van der Waals surface area contributed by atoms with Crippen LogP contribution in [-0.2, 0) is 12.6 Å². The standard InChI is InChI=1S/C13H15F3/c1-3-5-6-11-7-10(4-2)8-12(9-11)13(14,15)16/h4,7-9H,2-3,5-6H2,1H3. The smallest absolute Gasteiger partial charge is 0.166 e. The third-order valence-corrected chi connectivity index (χ3v) is 2.40. The summed E-state index contributed by atoms with van der Waals surface area (Å²) in [6.07, 6.45) is -0.274. The van der Waals surface area contributed by atoms with Crippen LogP contribution in [0.5, 0.6) is 0 Å². The predicted octanol–water partition coefficient (Wildman–Crippen LogP) is 4.69. The van der Waals surface area contributed by atoms with E-state index in [2.05, 4.69) is 6.58 Å². The van der Waals surface area contributed by atoms with Gasteiger partial charge in [0.1, 0.15) is 0 Å². The van der Waals surface area contributed by atoms with E-state index in [1.54, 1.807) is 6.07 Å². The van der Waals surface area contributed by atoms with Crippen LogP contribution >= 0.6 is 0 Å². The summed E-state index contributed by atoms with van der Waals surface area (Å²) >= 11 is 0. The molecule has 16 heavy (non-hydrogen) atoms. The summed E-state index contributed by atoms with van der Waals surface area (Å²) < 4.78 is 37.7.